The molecule has 2 heterocycles. The Kier molecular flexibility index (Phi) is 3.58. The monoisotopic (exact) mass is 340 g/mol. The molecule has 6 N–H and O–H groups in total. The highest BCUT2D eigenvalue weighted by atomic mass is 14.9. The van der Waals surface area contributed by atoms with Crippen molar-refractivity contribution >= 4 is 34.1 Å². The molecule has 6 nitrogen and oxygen atoms in total. The highest BCUT2D eigenvalue weighted by Gasteiger charge is 2.18. The Bertz CT molecular complexity index is 1140. The summed E-state index contributed by atoms with van der Waals surface area (Å²) in [6.07, 6.45) is 0. The minimum atomic E-state index is 0.258. The molecule has 0 saturated heterocycles. The third kappa shape index (κ3) is 2.53. The van der Waals surface area contributed by atoms with E-state index in [1.165, 1.54) is 0 Å². The molecule has 0 fully saturated rings. The van der Waals surface area contributed by atoms with Gasteiger partial charge in [0.1, 0.15) is 11.7 Å². The van der Waals surface area contributed by atoms with Crippen LogP contribution in [-0.2, 0) is 0 Å². The average molecular weight is 340 g/mol. The van der Waals surface area contributed by atoms with E-state index in [4.69, 9.17) is 22.3 Å². The average Bonchev–Trinajstić information content (AvgIpc) is 3.10. The van der Waals surface area contributed by atoms with E-state index in [2.05, 4.69) is 9.98 Å². The molecule has 0 atom stereocenters. The fraction of sp³-hybridized carbons (Fsp3) is 0. The second-order valence-electron chi connectivity index (χ2n) is 5.98. The molecule has 0 radical (unpaired) electrons. The van der Waals surface area contributed by atoms with Crippen LogP contribution in [-0.4, -0.2) is 23.3 Å². The van der Waals surface area contributed by atoms with Gasteiger partial charge in [0.2, 0.25) is 0 Å². The quantitative estimate of drug-likeness (QED) is 0.502. The second kappa shape index (κ2) is 5.93. The Balaban J connectivity index is 0.000000136. The molecule has 3 aromatic carbocycles. The maximum Gasteiger partial charge on any atom is 0.154 e. The SMILES string of the molecule is N=C1N=C(N)c2cc3ccccc3cc21.N=C1N=C(N)c2ccccc21. The molecule has 126 valence electrons. The largest absolute Gasteiger partial charge is 0.383 e. The second-order valence-corrected chi connectivity index (χ2v) is 5.98. The zero-order chi connectivity index (χ0) is 18.3. The maximum atomic E-state index is 7.67. The van der Waals surface area contributed by atoms with Crippen molar-refractivity contribution in [2.45, 2.75) is 0 Å². The fourth-order valence-electron chi connectivity index (χ4n) is 3.04. The van der Waals surface area contributed by atoms with Crippen LogP contribution in [0.5, 0.6) is 0 Å². The topological polar surface area (TPSA) is 124 Å². The van der Waals surface area contributed by atoms with Gasteiger partial charge in [0.05, 0.1) is 0 Å². The van der Waals surface area contributed by atoms with Gasteiger partial charge in [-0.05, 0) is 22.9 Å². The summed E-state index contributed by atoms with van der Waals surface area (Å²) in [4.78, 5) is 7.79. The van der Waals surface area contributed by atoms with Crippen LogP contribution in [0.1, 0.15) is 22.3 Å². The number of nitrogens with two attached hydrogens (primary N) is 2. The van der Waals surface area contributed by atoms with Crippen LogP contribution in [0.3, 0.4) is 0 Å². The molecule has 0 aromatic heterocycles. The minimum Gasteiger partial charge on any atom is -0.383 e. The van der Waals surface area contributed by atoms with Crippen LogP contribution in [0.2, 0.25) is 0 Å². The summed E-state index contributed by atoms with van der Waals surface area (Å²) >= 11 is 0. The lowest BCUT2D eigenvalue weighted by atomic mass is 10.0. The molecule has 0 saturated carbocycles. The van der Waals surface area contributed by atoms with E-state index in [0.29, 0.717) is 11.7 Å². The van der Waals surface area contributed by atoms with E-state index in [0.717, 1.165) is 33.0 Å². The molecule has 0 aliphatic carbocycles. The van der Waals surface area contributed by atoms with Gasteiger partial charge in [-0.1, -0.05) is 48.5 Å². The van der Waals surface area contributed by atoms with Gasteiger partial charge >= 0.3 is 0 Å². The van der Waals surface area contributed by atoms with Crippen LogP contribution in [0, 0.1) is 10.8 Å². The van der Waals surface area contributed by atoms with Gasteiger partial charge in [-0.25, -0.2) is 9.98 Å². The Morgan fingerprint density at radius 2 is 1.04 bits per heavy atom. The Morgan fingerprint density at radius 1 is 0.577 bits per heavy atom. The number of fused-ring (bicyclic) bond motifs is 3. The Morgan fingerprint density at radius 3 is 1.65 bits per heavy atom. The number of rotatable bonds is 0. The predicted octanol–water partition coefficient (Wildman–Crippen LogP) is 2.61. The highest BCUT2D eigenvalue weighted by Crippen LogP contribution is 2.24. The molecule has 0 unspecified atom stereocenters. The number of hydrogen-bond acceptors (Lipinski definition) is 4. The molecule has 3 aromatic rings. The molecular weight excluding hydrogens is 324 g/mol. The molecule has 6 heteroatoms. The summed E-state index contributed by atoms with van der Waals surface area (Å²) < 4.78 is 0. The summed E-state index contributed by atoms with van der Waals surface area (Å²) in [6, 6.07) is 19.5. The lowest BCUT2D eigenvalue weighted by molar-refractivity contribution is 1.45. The number of benzene rings is 3. The summed E-state index contributed by atoms with van der Waals surface area (Å²) in [7, 11) is 0. The van der Waals surface area contributed by atoms with Crippen LogP contribution in [0.25, 0.3) is 10.8 Å². The van der Waals surface area contributed by atoms with Crippen LogP contribution < -0.4 is 11.5 Å². The normalized spacial score (nSPS) is 14.3. The van der Waals surface area contributed by atoms with E-state index in [1.54, 1.807) is 0 Å². The molecule has 26 heavy (non-hydrogen) atoms. The number of hydrogen-bond donors (Lipinski definition) is 4. The number of nitrogens with one attached hydrogen (secondary N) is 2. The maximum absolute atomic E-state index is 7.67. The van der Waals surface area contributed by atoms with Gasteiger partial charge in [-0.2, -0.15) is 0 Å². The van der Waals surface area contributed by atoms with Crippen LogP contribution >= 0.6 is 0 Å². The van der Waals surface area contributed by atoms with Crippen molar-refractivity contribution in [3.63, 3.8) is 0 Å². The van der Waals surface area contributed by atoms with Crippen molar-refractivity contribution in [3.05, 3.63) is 82.9 Å². The van der Waals surface area contributed by atoms with E-state index >= 15 is 0 Å². The third-order valence-electron chi connectivity index (χ3n) is 4.34. The minimum absolute atomic E-state index is 0.258. The van der Waals surface area contributed by atoms with Crippen molar-refractivity contribution in [2.24, 2.45) is 21.5 Å². The smallest absolute Gasteiger partial charge is 0.154 e. The predicted molar refractivity (Wildman–Crippen MR) is 105 cm³/mol. The third-order valence-corrected chi connectivity index (χ3v) is 4.34. The first-order valence-electron chi connectivity index (χ1n) is 8.03. The molecule has 2 aliphatic rings. The van der Waals surface area contributed by atoms with Gasteiger partial charge in [0.15, 0.2) is 11.7 Å². The first-order valence-corrected chi connectivity index (χ1v) is 8.03. The van der Waals surface area contributed by atoms with E-state index < -0.39 is 0 Å². The van der Waals surface area contributed by atoms with Crippen LogP contribution in [0.15, 0.2) is 70.6 Å². The first-order chi connectivity index (χ1) is 12.5. The van der Waals surface area contributed by atoms with Gasteiger partial charge in [-0.3, -0.25) is 10.8 Å². The lowest BCUT2D eigenvalue weighted by Gasteiger charge is -2.02. The van der Waals surface area contributed by atoms with Gasteiger partial charge in [0.25, 0.3) is 0 Å². The van der Waals surface area contributed by atoms with Crippen molar-refractivity contribution in [1.82, 2.24) is 0 Å². The summed E-state index contributed by atoms with van der Waals surface area (Å²) in [5, 5.41) is 17.3. The fourth-order valence-corrected chi connectivity index (χ4v) is 3.04. The number of amidine groups is 4. The van der Waals surface area contributed by atoms with Crippen LogP contribution in [0.4, 0.5) is 0 Å². The highest BCUT2D eigenvalue weighted by molar-refractivity contribution is 6.22. The van der Waals surface area contributed by atoms with Crippen molar-refractivity contribution < 1.29 is 0 Å². The van der Waals surface area contributed by atoms with Crippen molar-refractivity contribution in [3.8, 4) is 0 Å². The molecular formula is C20H16N6. The zero-order valence-corrected chi connectivity index (χ0v) is 13.8. The van der Waals surface area contributed by atoms with Gasteiger partial charge in [-0.15, -0.1) is 0 Å². The summed E-state index contributed by atoms with van der Waals surface area (Å²) in [5.74, 6) is 1.41. The molecule has 0 spiro atoms. The van der Waals surface area contributed by atoms with Crippen molar-refractivity contribution in [1.29, 1.82) is 10.8 Å². The van der Waals surface area contributed by atoms with E-state index in [1.807, 2.05) is 60.7 Å². The summed E-state index contributed by atoms with van der Waals surface area (Å²) in [5.41, 5.74) is 14.7. The lowest BCUT2D eigenvalue weighted by Crippen LogP contribution is -2.10. The Labute approximate surface area is 149 Å². The molecule has 5 rings (SSSR count). The Hall–Kier alpha value is -3.80. The molecule has 0 amide bonds. The van der Waals surface area contributed by atoms with E-state index in [9.17, 15) is 0 Å². The number of nitrogens with zero attached hydrogens (tertiary/aromatic N) is 2. The van der Waals surface area contributed by atoms with Gasteiger partial charge < -0.3 is 11.5 Å². The summed E-state index contributed by atoms with van der Waals surface area (Å²) in [6.45, 7) is 0. The molecule has 0 bridgehead atoms. The van der Waals surface area contributed by atoms with Crippen molar-refractivity contribution in [2.75, 3.05) is 0 Å². The standard InChI is InChI=1S/C12H9N3.C8H7N3/c13-11-9-5-7-3-1-2-4-8(7)6-10(9)12(14)15-11;9-7-5-3-1-2-4-6(5)8(10)11-7/h1-6H,(H3,13,14,15);1-4H,(H3,9,10,11). The zero-order valence-electron chi connectivity index (χ0n) is 13.8. The first kappa shape index (κ1) is 15.7. The molecule has 2 aliphatic heterocycles. The van der Waals surface area contributed by atoms with Gasteiger partial charge in [0, 0.05) is 22.3 Å². The van der Waals surface area contributed by atoms with E-state index in [-0.39, 0.29) is 11.7 Å². The number of aliphatic imine (C=N–C) groups is 2.